The second-order valence-electron chi connectivity index (χ2n) is 3.42. The summed E-state index contributed by atoms with van der Waals surface area (Å²) in [4.78, 5) is 11.1. The number of rotatable bonds is 4. The van der Waals surface area contributed by atoms with Gasteiger partial charge in [0, 0.05) is 6.42 Å². The van der Waals surface area contributed by atoms with E-state index >= 15 is 0 Å². The van der Waals surface area contributed by atoms with Gasteiger partial charge in [-0.3, -0.25) is 4.79 Å². The highest BCUT2D eigenvalue weighted by molar-refractivity contribution is 5.96. The van der Waals surface area contributed by atoms with E-state index in [2.05, 4.69) is 0 Å². The molecule has 4 heteroatoms. The van der Waals surface area contributed by atoms with Gasteiger partial charge >= 0.3 is 0 Å². The van der Waals surface area contributed by atoms with Crippen LogP contribution in [0, 0.1) is 0 Å². The fourth-order valence-corrected chi connectivity index (χ4v) is 1.50. The summed E-state index contributed by atoms with van der Waals surface area (Å²) >= 11 is 0. The van der Waals surface area contributed by atoms with Gasteiger partial charge in [0.1, 0.15) is 5.75 Å². The quantitative estimate of drug-likeness (QED) is 0.767. The number of aliphatic hydroxyl groups excluding tert-OH is 1. The van der Waals surface area contributed by atoms with Crippen LogP contribution in [0.4, 0.5) is 0 Å². The Bertz CT molecular complexity index is 361. The Labute approximate surface area is 88.7 Å². The van der Waals surface area contributed by atoms with Crippen LogP contribution in [0.3, 0.4) is 0 Å². The molecule has 0 heterocycles. The molecule has 1 aromatic carbocycles. The molecular weight excluding hydrogens is 194 g/mol. The minimum atomic E-state index is -0.528. The number of para-hydroxylation sites is 1. The number of primary amides is 1. The third-order valence-corrected chi connectivity index (χ3v) is 2.08. The van der Waals surface area contributed by atoms with Crippen molar-refractivity contribution >= 4 is 5.91 Å². The van der Waals surface area contributed by atoms with Crippen LogP contribution in [-0.2, 0) is 6.42 Å². The van der Waals surface area contributed by atoms with E-state index in [4.69, 9.17) is 10.5 Å². The Balaban J connectivity index is 3.16. The summed E-state index contributed by atoms with van der Waals surface area (Å²) in [5, 5.41) is 9.28. The predicted octanol–water partition coefficient (Wildman–Crippen LogP) is 0.717. The molecule has 4 nitrogen and oxygen atoms in total. The van der Waals surface area contributed by atoms with Crippen molar-refractivity contribution in [3.63, 3.8) is 0 Å². The first-order valence-electron chi connectivity index (χ1n) is 4.70. The van der Waals surface area contributed by atoms with Crippen LogP contribution in [0.25, 0.3) is 0 Å². The number of carbonyl (C=O) groups excluding carboxylic acids is 1. The van der Waals surface area contributed by atoms with Crippen molar-refractivity contribution < 1.29 is 14.6 Å². The topological polar surface area (TPSA) is 72.6 Å². The number of carbonyl (C=O) groups is 1. The minimum Gasteiger partial charge on any atom is -0.496 e. The van der Waals surface area contributed by atoms with Gasteiger partial charge < -0.3 is 15.6 Å². The molecule has 0 bridgehead atoms. The molecule has 1 amide bonds. The van der Waals surface area contributed by atoms with E-state index in [1.54, 1.807) is 25.1 Å². The summed E-state index contributed by atoms with van der Waals surface area (Å²) in [6.45, 7) is 1.68. The third-order valence-electron chi connectivity index (χ3n) is 2.08. The molecular formula is C11H15NO3. The van der Waals surface area contributed by atoms with E-state index in [0.717, 1.165) is 5.56 Å². The lowest BCUT2D eigenvalue weighted by atomic mass is 10.0. The number of methoxy groups -OCH3 is 1. The Morgan fingerprint density at radius 1 is 1.60 bits per heavy atom. The molecule has 0 aromatic heterocycles. The van der Waals surface area contributed by atoms with Gasteiger partial charge in [-0.25, -0.2) is 0 Å². The molecule has 15 heavy (non-hydrogen) atoms. The first-order valence-corrected chi connectivity index (χ1v) is 4.70. The molecule has 0 aliphatic carbocycles. The van der Waals surface area contributed by atoms with Gasteiger partial charge in [-0.15, -0.1) is 0 Å². The summed E-state index contributed by atoms with van der Waals surface area (Å²) in [5.41, 5.74) is 6.33. The molecule has 1 aromatic rings. The molecule has 0 aliphatic heterocycles. The summed E-state index contributed by atoms with van der Waals surface area (Å²) in [6, 6.07) is 5.13. The van der Waals surface area contributed by atoms with Crippen molar-refractivity contribution in [3.8, 4) is 5.75 Å². The molecule has 0 fully saturated rings. The number of benzene rings is 1. The highest BCUT2D eigenvalue weighted by atomic mass is 16.5. The Morgan fingerprint density at radius 2 is 2.27 bits per heavy atom. The van der Waals surface area contributed by atoms with Crippen molar-refractivity contribution in [1.82, 2.24) is 0 Å². The average Bonchev–Trinajstić information content (AvgIpc) is 2.16. The van der Waals surface area contributed by atoms with Crippen LogP contribution >= 0.6 is 0 Å². The molecule has 1 unspecified atom stereocenters. The number of ether oxygens (including phenoxy) is 1. The second kappa shape index (κ2) is 4.79. The number of hydrogen-bond acceptors (Lipinski definition) is 3. The summed E-state index contributed by atoms with van der Waals surface area (Å²) in [7, 11) is 1.48. The maximum absolute atomic E-state index is 11.1. The van der Waals surface area contributed by atoms with Gasteiger partial charge in [-0.05, 0) is 18.6 Å². The highest BCUT2D eigenvalue weighted by Crippen LogP contribution is 2.24. The van der Waals surface area contributed by atoms with Crippen LogP contribution in [0.15, 0.2) is 18.2 Å². The SMILES string of the molecule is COc1c(CC(C)O)cccc1C(N)=O. The van der Waals surface area contributed by atoms with E-state index in [-0.39, 0.29) is 0 Å². The second-order valence-corrected chi connectivity index (χ2v) is 3.42. The van der Waals surface area contributed by atoms with Crippen molar-refractivity contribution in [1.29, 1.82) is 0 Å². The zero-order valence-electron chi connectivity index (χ0n) is 8.86. The Morgan fingerprint density at radius 3 is 2.73 bits per heavy atom. The van der Waals surface area contributed by atoms with Crippen molar-refractivity contribution in [2.75, 3.05) is 7.11 Å². The smallest absolute Gasteiger partial charge is 0.252 e. The van der Waals surface area contributed by atoms with E-state index < -0.39 is 12.0 Å². The number of hydrogen-bond donors (Lipinski definition) is 2. The van der Waals surface area contributed by atoms with Gasteiger partial charge in [0.25, 0.3) is 5.91 Å². The fraction of sp³-hybridized carbons (Fsp3) is 0.364. The molecule has 0 spiro atoms. The maximum Gasteiger partial charge on any atom is 0.252 e. The first kappa shape index (κ1) is 11.5. The van der Waals surface area contributed by atoms with Gasteiger partial charge in [0.05, 0.1) is 18.8 Å². The zero-order chi connectivity index (χ0) is 11.4. The predicted molar refractivity (Wildman–Crippen MR) is 56.9 cm³/mol. The fourth-order valence-electron chi connectivity index (χ4n) is 1.50. The van der Waals surface area contributed by atoms with Crippen molar-refractivity contribution in [2.45, 2.75) is 19.4 Å². The van der Waals surface area contributed by atoms with E-state index in [0.29, 0.717) is 17.7 Å². The summed E-state index contributed by atoms with van der Waals surface area (Å²) < 4.78 is 5.13. The molecule has 82 valence electrons. The van der Waals surface area contributed by atoms with E-state index in [1.165, 1.54) is 7.11 Å². The lowest BCUT2D eigenvalue weighted by Crippen LogP contribution is -2.14. The van der Waals surface area contributed by atoms with E-state index in [9.17, 15) is 9.90 Å². The monoisotopic (exact) mass is 209 g/mol. The van der Waals surface area contributed by atoms with Crippen LogP contribution in [0.1, 0.15) is 22.8 Å². The Kier molecular flexibility index (Phi) is 3.68. The number of nitrogens with two attached hydrogens (primary N) is 1. The zero-order valence-corrected chi connectivity index (χ0v) is 8.86. The van der Waals surface area contributed by atoms with Gasteiger partial charge in [0.2, 0.25) is 0 Å². The first-order chi connectivity index (χ1) is 7.06. The maximum atomic E-state index is 11.1. The van der Waals surface area contributed by atoms with Crippen LogP contribution < -0.4 is 10.5 Å². The van der Waals surface area contributed by atoms with Gasteiger partial charge in [-0.1, -0.05) is 12.1 Å². The highest BCUT2D eigenvalue weighted by Gasteiger charge is 2.13. The number of aliphatic hydroxyl groups is 1. The molecule has 0 saturated heterocycles. The lowest BCUT2D eigenvalue weighted by Gasteiger charge is -2.12. The minimum absolute atomic E-state index is 0.343. The van der Waals surface area contributed by atoms with Crippen LogP contribution in [-0.4, -0.2) is 24.2 Å². The van der Waals surface area contributed by atoms with Crippen LogP contribution in [0.2, 0.25) is 0 Å². The van der Waals surface area contributed by atoms with Gasteiger partial charge in [0.15, 0.2) is 0 Å². The Hall–Kier alpha value is -1.55. The summed E-state index contributed by atoms with van der Waals surface area (Å²) in [6.07, 6.45) is -0.0494. The largest absolute Gasteiger partial charge is 0.496 e. The molecule has 1 atom stereocenters. The van der Waals surface area contributed by atoms with Gasteiger partial charge in [-0.2, -0.15) is 0 Å². The lowest BCUT2D eigenvalue weighted by molar-refractivity contribution is 0.0997. The molecule has 0 radical (unpaired) electrons. The standard InChI is InChI=1S/C11H15NO3/c1-7(13)6-8-4-3-5-9(11(12)14)10(8)15-2/h3-5,7,13H,6H2,1-2H3,(H2,12,14). The molecule has 0 aliphatic rings. The molecule has 0 saturated carbocycles. The average molecular weight is 209 g/mol. The number of amides is 1. The van der Waals surface area contributed by atoms with Crippen LogP contribution in [0.5, 0.6) is 5.75 Å². The van der Waals surface area contributed by atoms with E-state index in [1.807, 2.05) is 0 Å². The molecule has 3 N–H and O–H groups in total. The van der Waals surface area contributed by atoms with Crippen molar-refractivity contribution in [2.24, 2.45) is 5.73 Å². The normalized spacial score (nSPS) is 12.2. The molecule has 1 rings (SSSR count). The third kappa shape index (κ3) is 2.70. The summed E-state index contributed by atoms with van der Waals surface area (Å²) in [5.74, 6) is -0.0785. The van der Waals surface area contributed by atoms with Crippen molar-refractivity contribution in [3.05, 3.63) is 29.3 Å².